The fourth-order valence-electron chi connectivity index (χ4n) is 2.70. The van der Waals surface area contributed by atoms with Crippen LogP contribution in [0, 0.1) is 0 Å². The fourth-order valence-corrected chi connectivity index (χ4v) is 4.55. The van der Waals surface area contributed by atoms with Crippen LogP contribution in [0.25, 0.3) is 0 Å². The number of halogens is 3. The highest BCUT2D eigenvalue weighted by Gasteiger charge is 2.23. The van der Waals surface area contributed by atoms with Crippen LogP contribution >= 0.6 is 33.2 Å². The average molecular weight is 374 g/mol. The highest BCUT2D eigenvalue weighted by molar-refractivity contribution is 7.64. The molecular formula is C17H35Cl3Si. The molecule has 0 aromatic heterocycles. The van der Waals surface area contributed by atoms with E-state index in [-0.39, 0.29) is 0 Å². The van der Waals surface area contributed by atoms with Gasteiger partial charge >= 0.3 is 6.00 Å². The summed E-state index contributed by atoms with van der Waals surface area (Å²) in [5, 5.41) is 0. The van der Waals surface area contributed by atoms with E-state index in [2.05, 4.69) is 6.92 Å². The summed E-state index contributed by atoms with van der Waals surface area (Å²) >= 11 is 17.6. The Kier molecular flexibility index (Phi) is 16.8. The van der Waals surface area contributed by atoms with Gasteiger partial charge in [-0.2, -0.15) is 0 Å². The van der Waals surface area contributed by atoms with Crippen molar-refractivity contribution in [2.45, 2.75) is 109 Å². The predicted octanol–water partition coefficient (Wildman–Crippen LogP) is 8.51. The SMILES string of the molecule is CCCCCCCCCCCCCCCCC[Si](Cl)(Cl)Cl. The van der Waals surface area contributed by atoms with E-state index >= 15 is 0 Å². The largest absolute Gasteiger partial charge is 0.341 e. The van der Waals surface area contributed by atoms with E-state index in [0.717, 1.165) is 12.5 Å². The summed E-state index contributed by atoms with van der Waals surface area (Å²) in [4.78, 5) is 0. The third-order valence-electron chi connectivity index (χ3n) is 4.06. The van der Waals surface area contributed by atoms with Crippen molar-refractivity contribution in [3.8, 4) is 0 Å². The van der Waals surface area contributed by atoms with Crippen molar-refractivity contribution >= 4 is 39.2 Å². The lowest BCUT2D eigenvalue weighted by molar-refractivity contribution is 0.534. The second-order valence-corrected chi connectivity index (χ2v) is 15.6. The molecule has 0 nitrogen and oxygen atoms in total. The molecule has 0 aliphatic heterocycles. The van der Waals surface area contributed by atoms with Gasteiger partial charge in [0.2, 0.25) is 0 Å². The smallest absolute Gasteiger partial charge is 0.126 e. The molecule has 4 heteroatoms. The number of rotatable bonds is 16. The average Bonchev–Trinajstić information content (AvgIpc) is 2.42. The van der Waals surface area contributed by atoms with E-state index in [1.807, 2.05) is 0 Å². The van der Waals surface area contributed by atoms with E-state index < -0.39 is 6.00 Å². The van der Waals surface area contributed by atoms with Gasteiger partial charge in [-0.3, -0.25) is 0 Å². The number of unbranched alkanes of at least 4 members (excludes halogenated alkanes) is 14. The Morgan fingerprint density at radius 3 is 1.05 bits per heavy atom. The van der Waals surface area contributed by atoms with Gasteiger partial charge in [-0.25, -0.2) is 0 Å². The highest BCUT2D eigenvalue weighted by Crippen LogP contribution is 2.27. The Hall–Kier alpha value is 1.09. The summed E-state index contributed by atoms with van der Waals surface area (Å²) in [6, 6.07) is -1.52. The normalized spacial score (nSPS) is 12.0. The topological polar surface area (TPSA) is 0 Å². The van der Waals surface area contributed by atoms with Crippen molar-refractivity contribution in [3.63, 3.8) is 0 Å². The Bertz CT molecular complexity index is 205. The Morgan fingerprint density at radius 2 is 0.762 bits per heavy atom. The second-order valence-electron chi connectivity index (χ2n) is 6.31. The van der Waals surface area contributed by atoms with Crippen LogP contribution in [0.4, 0.5) is 0 Å². The molecule has 0 N–H and O–H groups in total. The molecule has 0 radical (unpaired) electrons. The van der Waals surface area contributed by atoms with Gasteiger partial charge in [-0.05, 0) is 6.04 Å². The van der Waals surface area contributed by atoms with Crippen LogP contribution in [0.2, 0.25) is 6.04 Å². The molecule has 0 spiro atoms. The molecule has 0 atom stereocenters. The van der Waals surface area contributed by atoms with E-state index in [0.29, 0.717) is 0 Å². The molecule has 0 saturated carbocycles. The predicted molar refractivity (Wildman–Crippen MR) is 103 cm³/mol. The molecule has 0 aliphatic carbocycles. The molecule has 0 heterocycles. The van der Waals surface area contributed by atoms with E-state index in [1.165, 1.54) is 89.9 Å². The molecule has 128 valence electrons. The maximum Gasteiger partial charge on any atom is 0.341 e. The molecule has 0 aromatic rings. The first-order valence-corrected chi connectivity index (χ1v) is 14.4. The van der Waals surface area contributed by atoms with E-state index in [1.54, 1.807) is 0 Å². The van der Waals surface area contributed by atoms with Crippen molar-refractivity contribution < 1.29 is 0 Å². The summed E-state index contributed by atoms with van der Waals surface area (Å²) in [7, 11) is 0. The van der Waals surface area contributed by atoms with Crippen LogP contribution in [0.3, 0.4) is 0 Å². The van der Waals surface area contributed by atoms with E-state index in [4.69, 9.17) is 33.2 Å². The third-order valence-corrected chi connectivity index (χ3v) is 6.69. The van der Waals surface area contributed by atoms with Gasteiger partial charge in [0.15, 0.2) is 0 Å². The fraction of sp³-hybridized carbons (Fsp3) is 1.00. The van der Waals surface area contributed by atoms with Gasteiger partial charge < -0.3 is 0 Å². The lowest BCUT2D eigenvalue weighted by Gasteiger charge is -2.06. The lowest BCUT2D eigenvalue weighted by atomic mass is 10.0. The van der Waals surface area contributed by atoms with Crippen LogP contribution in [-0.2, 0) is 0 Å². The van der Waals surface area contributed by atoms with Crippen molar-refractivity contribution in [1.29, 1.82) is 0 Å². The van der Waals surface area contributed by atoms with Gasteiger partial charge in [0.05, 0.1) is 0 Å². The molecule has 21 heavy (non-hydrogen) atoms. The number of hydrogen-bond acceptors (Lipinski definition) is 0. The quantitative estimate of drug-likeness (QED) is 0.144. The molecule has 0 amide bonds. The first kappa shape index (κ1) is 22.1. The molecule has 0 aromatic carbocycles. The first-order valence-electron chi connectivity index (χ1n) is 9.13. The zero-order chi connectivity index (χ0) is 15.8. The first-order chi connectivity index (χ1) is 10.1. The minimum atomic E-state index is -2.35. The molecule has 0 rings (SSSR count). The summed E-state index contributed by atoms with van der Waals surface area (Å²) in [6.07, 6.45) is 20.7. The summed E-state index contributed by atoms with van der Waals surface area (Å²) in [5.74, 6) is 0. The minimum absolute atomic E-state index is 0.829. The molecule has 0 unspecified atom stereocenters. The van der Waals surface area contributed by atoms with Gasteiger partial charge in [-0.1, -0.05) is 103 Å². The molecular weight excluding hydrogens is 339 g/mol. The van der Waals surface area contributed by atoms with Crippen molar-refractivity contribution in [2.75, 3.05) is 0 Å². The van der Waals surface area contributed by atoms with Crippen LogP contribution in [-0.4, -0.2) is 6.00 Å². The monoisotopic (exact) mass is 372 g/mol. The highest BCUT2D eigenvalue weighted by atomic mass is 35.8. The van der Waals surface area contributed by atoms with Gasteiger partial charge in [0.25, 0.3) is 0 Å². The van der Waals surface area contributed by atoms with Gasteiger partial charge in [0, 0.05) is 0 Å². The zero-order valence-corrected chi connectivity index (χ0v) is 17.2. The van der Waals surface area contributed by atoms with Crippen molar-refractivity contribution in [2.24, 2.45) is 0 Å². The summed E-state index contributed by atoms with van der Waals surface area (Å²) in [5.41, 5.74) is 0. The zero-order valence-electron chi connectivity index (χ0n) is 13.9. The number of hydrogen-bond donors (Lipinski definition) is 0. The summed E-state index contributed by atoms with van der Waals surface area (Å²) in [6.45, 7) is 2.28. The van der Waals surface area contributed by atoms with Crippen molar-refractivity contribution in [1.82, 2.24) is 0 Å². The standard InChI is InChI=1S/C17H35Cl3Si/c1-2-3-4-5-6-7-8-9-10-11-12-13-14-15-16-17-21(18,19)20/h2-17H2,1H3. The van der Waals surface area contributed by atoms with Crippen LogP contribution < -0.4 is 0 Å². The maximum atomic E-state index is 5.86. The molecule has 0 bridgehead atoms. The van der Waals surface area contributed by atoms with Crippen molar-refractivity contribution in [3.05, 3.63) is 0 Å². The third kappa shape index (κ3) is 21.1. The second kappa shape index (κ2) is 16.0. The minimum Gasteiger partial charge on any atom is -0.126 e. The van der Waals surface area contributed by atoms with Gasteiger partial charge in [-0.15, -0.1) is 33.2 Å². The summed E-state index contributed by atoms with van der Waals surface area (Å²) < 4.78 is 0. The molecule has 0 fully saturated rings. The Balaban J connectivity index is 3.00. The Labute approximate surface area is 148 Å². The van der Waals surface area contributed by atoms with Crippen LogP contribution in [0.5, 0.6) is 0 Å². The van der Waals surface area contributed by atoms with Crippen LogP contribution in [0.1, 0.15) is 103 Å². The van der Waals surface area contributed by atoms with Gasteiger partial charge in [0.1, 0.15) is 0 Å². The lowest BCUT2D eigenvalue weighted by Crippen LogP contribution is -2.07. The maximum absolute atomic E-state index is 5.86. The van der Waals surface area contributed by atoms with Crippen LogP contribution in [0.15, 0.2) is 0 Å². The van der Waals surface area contributed by atoms with E-state index in [9.17, 15) is 0 Å². The molecule has 0 aliphatic rings. The molecule has 0 saturated heterocycles. The Morgan fingerprint density at radius 1 is 0.476 bits per heavy atom.